The number of rotatable bonds is 18. The van der Waals surface area contributed by atoms with Crippen molar-refractivity contribution in [2.24, 2.45) is 17.8 Å². The molecule has 0 N–H and O–H groups in total. The summed E-state index contributed by atoms with van der Waals surface area (Å²) < 4.78 is 0. The number of carbonyl (C=O) groups is 3. The van der Waals surface area contributed by atoms with Crippen molar-refractivity contribution in [3.8, 4) is 0 Å². The fourth-order valence-electron chi connectivity index (χ4n) is 2.99. The molecule has 0 aromatic rings. The summed E-state index contributed by atoms with van der Waals surface area (Å²) in [5.74, 6) is -4.63. The summed E-state index contributed by atoms with van der Waals surface area (Å²) in [6, 6.07) is 0. The minimum Gasteiger partial charge on any atom is -0.550 e. The van der Waals surface area contributed by atoms with E-state index < -0.39 is 50.2 Å². The minimum absolute atomic E-state index is 0. The Morgan fingerprint density at radius 2 is 0.703 bits per heavy atom. The van der Waals surface area contributed by atoms with Crippen LogP contribution in [0.5, 0.6) is 0 Å². The van der Waals surface area contributed by atoms with Gasteiger partial charge in [0.1, 0.15) is 14.5 Å². The molecule has 0 heterocycles. The van der Waals surface area contributed by atoms with Gasteiger partial charge in [-0.15, -0.1) is 69.6 Å². The number of unbranched alkanes of at least 4 members (excludes halogenated alkanes) is 3. The number of halogens is 6. The maximum atomic E-state index is 10.5. The van der Waals surface area contributed by atoms with E-state index in [1.54, 1.807) is 0 Å². The predicted octanol–water partition coefficient (Wildman–Crippen LogP) is 5.21. The van der Waals surface area contributed by atoms with Crippen LogP contribution in [0.2, 0.25) is 0 Å². The Hall–Kier alpha value is 0.682. The molecule has 3 unspecified atom stereocenters. The van der Waals surface area contributed by atoms with Crippen LogP contribution in [0.25, 0.3) is 0 Å². The fraction of sp³-hybridized carbons (Fsp3) is 0.875. The van der Waals surface area contributed by atoms with E-state index in [4.69, 9.17) is 69.6 Å². The Morgan fingerprint density at radius 1 is 0.514 bits per heavy atom. The fourth-order valence-corrected chi connectivity index (χ4v) is 4.28. The smallest absolute Gasteiger partial charge is 0.550 e. The summed E-state index contributed by atoms with van der Waals surface area (Å²) >= 11 is 32.8. The maximum Gasteiger partial charge on any atom is 3.00 e. The molecule has 0 rings (SSSR count). The molecule has 0 saturated heterocycles. The van der Waals surface area contributed by atoms with Gasteiger partial charge in [0.15, 0.2) is 0 Å². The molecular formula is C24H39Cl6CrO6. The van der Waals surface area contributed by atoms with Gasteiger partial charge >= 0.3 is 17.4 Å². The summed E-state index contributed by atoms with van der Waals surface area (Å²) in [5, 5.41) is 31.5. The van der Waals surface area contributed by atoms with Gasteiger partial charge in [-0.1, -0.05) is 59.3 Å². The number of aliphatic carboxylic acids is 3. The molecule has 3 atom stereocenters. The normalized spacial score (nSPS) is 13.0. The van der Waals surface area contributed by atoms with Crippen LogP contribution < -0.4 is 15.3 Å². The van der Waals surface area contributed by atoms with Crippen molar-refractivity contribution < 1.29 is 47.1 Å². The molecule has 0 aliphatic carbocycles. The maximum absolute atomic E-state index is 10.5. The van der Waals surface area contributed by atoms with E-state index in [-0.39, 0.29) is 36.6 Å². The predicted molar refractivity (Wildman–Crippen MR) is 144 cm³/mol. The quantitative estimate of drug-likeness (QED) is 0.183. The van der Waals surface area contributed by atoms with Crippen molar-refractivity contribution in [3.05, 3.63) is 0 Å². The zero-order chi connectivity index (χ0) is 28.7. The molecule has 0 bridgehead atoms. The minimum atomic E-state index is -1.05. The zero-order valence-electron chi connectivity index (χ0n) is 21.6. The van der Waals surface area contributed by atoms with Crippen LogP contribution >= 0.6 is 69.6 Å². The van der Waals surface area contributed by atoms with Crippen LogP contribution in [0.3, 0.4) is 0 Å². The molecule has 13 heteroatoms. The molecule has 0 amide bonds. The van der Waals surface area contributed by atoms with Gasteiger partial charge in [-0.05, 0) is 38.5 Å². The van der Waals surface area contributed by atoms with E-state index in [1.807, 2.05) is 20.8 Å². The van der Waals surface area contributed by atoms with E-state index in [9.17, 15) is 29.7 Å². The first-order valence-electron chi connectivity index (χ1n) is 12.2. The Bertz CT molecular complexity index is 494. The van der Waals surface area contributed by atoms with Crippen LogP contribution in [-0.4, -0.2) is 32.4 Å². The van der Waals surface area contributed by atoms with E-state index >= 15 is 0 Å². The van der Waals surface area contributed by atoms with Gasteiger partial charge in [0.25, 0.3) is 0 Å². The van der Waals surface area contributed by atoms with E-state index in [0.29, 0.717) is 19.3 Å². The second kappa shape index (κ2) is 29.7. The van der Waals surface area contributed by atoms with Crippen LogP contribution in [0.1, 0.15) is 97.8 Å². The number of hydrogen-bond acceptors (Lipinski definition) is 6. The van der Waals surface area contributed by atoms with Gasteiger partial charge in [0.2, 0.25) is 0 Å². The molecule has 0 aromatic carbocycles. The van der Waals surface area contributed by atoms with Crippen molar-refractivity contribution in [2.45, 2.75) is 112 Å². The number of alkyl halides is 6. The molecular weight excluding hydrogens is 649 g/mol. The van der Waals surface area contributed by atoms with Gasteiger partial charge in [0.05, 0.1) is 0 Å². The summed E-state index contributed by atoms with van der Waals surface area (Å²) in [6.45, 7) is 6.02. The summed E-state index contributed by atoms with van der Waals surface area (Å²) in [6.07, 6.45) is 8.20. The number of carboxylic acids is 3. The molecule has 0 spiro atoms. The number of carbonyl (C=O) groups excluding carboxylic acids is 3. The molecule has 6 nitrogen and oxygen atoms in total. The molecule has 0 fully saturated rings. The Labute approximate surface area is 263 Å². The van der Waals surface area contributed by atoms with Crippen LogP contribution in [-0.2, 0) is 31.7 Å². The van der Waals surface area contributed by atoms with Crippen molar-refractivity contribution in [2.75, 3.05) is 0 Å². The number of hydrogen-bond donors (Lipinski definition) is 0. The third-order valence-electron chi connectivity index (χ3n) is 5.11. The van der Waals surface area contributed by atoms with Crippen molar-refractivity contribution >= 4 is 87.5 Å². The topological polar surface area (TPSA) is 120 Å². The van der Waals surface area contributed by atoms with Crippen LogP contribution in [0.15, 0.2) is 0 Å². The Morgan fingerprint density at radius 3 is 0.811 bits per heavy atom. The van der Waals surface area contributed by atoms with Gasteiger partial charge in [0, 0.05) is 35.7 Å². The largest absolute Gasteiger partial charge is 3.00 e. The van der Waals surface area contributed by atoms with E-state index in [2.05, 4.69) is 0 Å². The standard InChI is InChI=1S/3C8H14Cl2O2.Cr/c3*1-2-3-4-6(8(11)12)5-7(9)10;/h3*6-7H,2-5H2,1H3,(H,11,12);/q;;;+3/p-3. The van der Waals surface area contributed by atoms with Crippen molar-refractivity contribution in [1.29, 1.82) is 0 Å². The second-order valence-corrected chi connectivity index (χ2v) is 12.2. The first-order valence-corrected chi connectivity index (χ1v) is 14.8. The molecule has 37 heavy (non-hydrogen) atoms. The summed E-state index contributed by atoms with van der Waals surface area (Å²) in [4.78, 5) is 29.7. The monoisotopic (exact) mass is 685 g/mol. The SMILES string of the molecule is CCCCC(CC(Cl)Cl)C(=O)[O-].CCCCC(CC(Cl)Cl)C(=O)[O-].CCCCC(CC(Cl)Cl)C(=O)[O-].[Cr+3]. The third-order valence-corrected chi connectivity index (χ3v) is 6.18. The average Bonchev–Trinajstić information content (AvgIpc) is 2.76. The third kappa shape index (κ3) is 32.8. The van der Waals surface area contributed by atoms with Crippen LogP contribution in [0.4, 0.5) is 0 Å². The average molecular weight is 688 g/mol. The molecule has 0 aromatic heterocycles. The summed E-state index contributed by atoms with van der Waals surface area (Å²) in [5.41, 5.74) is 0. The van der Waals surface area contributed by atoms with E-state index in [0.717, 1.165) is 38.5 Å². The Balaban J connectivity index is -0.000000218. The molecule has 0 saturated carbocycles. The molecule has 0 aliphatic heterocycles. The van der Waals surface area contributed by atoms with Crippen molar-refractivity contribution in [1.82, 2.24) is 0 Å². The molecule has 0 aliphatic rings. The molecule has 219 valence electrons. The van der Waals surface area contributed by atoms with Crippen LogP contribution in [0, 0.1) is 17.8 Å². The van der Waals surface area contributed by atoms with Crippen molar-refractivity contribution in [3.63, 3.8) is 0 Å². The molecule has 1 radical (unpaired) electrons. The first-order chi connectivity index (χ1) is 16.7. The summed E-state index contributed by atoms with van der Waals surface area (Å²) in [7, 11) is 0. The van der Waals surface area contributed by atoms with Gasteiger partial charge < -0.3 is 29.7 Å². The first kappa shape index (κ1) is 44.7. The zero-order valence-corrected chi connectivity index (χ0v) is 27.4. The van der Waals surface area contributed by atoms with E-state index in [1.165, 1.54) is 0 Å². The van der Waals surface area contributed by atoms with Gasteiger partial charge in [-0.3, -0.25) is 0 Å². The second-order valence-electron chi connectivity index (χ2n) is 8.35. The van der Waals surface area contributed by atoms with Gasteiger partial charge in [-0.25, -0.2) is 0 Å². The Kier molecular flexibility index (Phi) is 35.8. The van der Waals surface area contributed by atoms with Gasteiger partial charge in [-0.2, -0.15) is 0 Å². The number of carboxylic acid groups (broad SMARTS) is 3.